The van der Waals surface area contributed by atoms with Crippen LogP contribution in [0.25, 0.3) is 0 Å². The molecule has 1 aromatic heterocycles. The van der Waals surface area contributed by atoms with Crippen LogP contribution in [0.1, 0.15) is 56.2 Å². The highest BCUT2D eigenvalue weighted by atomic mass is 16.1. The summed E-state index contributed by atoms with van der Waals surface area (Å²) in [5.74, 6) is 0.972. The maximum atomic E-state index is 10.9. The van der Waals surface area contributed by atoms with Gasteiger partial charge in [-0.3, -0.25) is 4.79 Å². The molecule has 1 aliphatic heterocycles. The topological polar surface area (TPSA) is 72.1 Å². The van der Waals surface area contributed by atoms with Crippen molar-refractivity contribution in [1.29, 1.82) is 0 Å². The molecule has 1 amide bonds. The Labute approximate surface area is 127 Å². The van der Waals surface area contributed by atoms with Crippen LogP contribution >= 0.6 is 0 Å². The van der Waals surface area contributed by atoms with Gasteiger partial charge in [0.1, 0.15) is 5.82 Å². The molecule has 1 aliphatic rings. The zero-order chi connectivity index (χ0) is 15.4. The lowest BCUT2D eigenvalue weighted by atomic mass is 9.93. The number of aromatic nitrogens is 2. The summed E-state index contributed by atoms with van der Waals surface area (Å²) < 4.78 is 0. The van der Waals surface area contributed by atoms with Crippen molar-refractivity contribution in [2.45, 2.75) is 58.4 Å². The van der Waals surface area contributed by atoms with Gasteiger partial charge in [-0.05, 0) is 52.6 Å². The first-order valence-corrected chi connectivity index (χ1v) is 7.82. The van der Waals surface area contributed by atoms with E-state index < -0.39 is 0 Å². The Morgan fingerprint density at radius 2 is 2.24 bits per heavy atom. The predicted molar refractivity (Wildman–Crippen MR) is 83.0 cm³/mol. The fraction of sp³-hybridized carbons (Fsp3) is 0.688. The maximum absolute atomic E-state index is 10.9. The molecule has 2 heterocycles. The molecule has 5 heteroatoms. The molecule has 0 aliphatic carbocycles. The van der Waals surface area contributed by atoms with E-state index in [4.69, 9.17) is 5.73 Å². The van der Waals surface area contributed by atoms with Gasteiger partial charge in [0.15, 0.2) is 0 Å². The van der Waals surface area contributed by atoms with Crippen LogP contribution in [-0.2, 0) is 11.2 Å². The molecule has 0 saturated carbocycles. The van der Waals surface area contributed by atoms with Gasteiger partial charge in [-0.1, -0.05) is 0 Å². The fourth-order valence-corrected chi connectivity index (χ4v) is 2.96. The Hall–Kier alpha value is -1.49. The Morgan fingerprint density at radius 1 is 1.48 bits per heavy atom. The van der Waals surface area contributed by atoms with Gasteiger partial charge in [0.05, 0.1) is 0 Å². The molecule has 0 bridgehead atoms. The standard InChI is InChI=1S/C16H26N4O/c1-11(2)20-8-4-5-13(10-20)15-9-14(6-7-16(17)21)18-12(3)19-15/h9,11,13H,4-8,10H2,1-3H3,(H2,17,21)/t13-/m1/s1. The van der Waals surface area contributed by atoms with E-state index >= 15 is 0 Å². The highest BCUT2D eigenvalue weighted by Crippen LogP contribution is 2.27. The van der Waals surface area contributed by atoms with Crippen LogP contribution in [0.2, 0.25) is 0 Å². The SMILES string of the molecule is Cc1nc(CCC(N)=O)cc([C@@H]2CCCN(C(C)C)C2)n1. The zero-order valence-corrected chi connectivity index (χ0v) is 13.3. The summed E-state index contributed by atoms with van der Waals surface area (Å²) in [6.07, 6.45) is 3.34. The molecule has 1 atom stereocenters. The molecule has 0 unspecified atom stereocenters. The number of rotatable bonds is 5. The Balaban J connectivity index is 2.13. The van der Waals surface area contributed by atoms with Crippen molar-refractivity contribution in [3.63, 3.8) is 0 Å². The van der Waals surface area contributed by atoms with Crippen molar-refractivity contribution >= 4 is 5.91 Å². The van der Waals surface area contributed by atoms with Crippen molar-refractivity contribution < 1.29 is 4.79 Å². The average molecular weight is 290 g/mol. The second-order valence-electron chi connectivity index (χ2n) is 6.23. The van der Waals surface area contributed by atoms with Crippen LogP contribution in [-0.4, -0.2) is 39.9 Å². The second-order valence-corrected chi connectivity index (χ2v) is 6.23. The summed E-state index contributed by atoms with van der Waals surface area (Å²) in [5, 5.41) is 0. The molecule has 1 fully saturated rings. The molecular weight excluding hydrogens is 264 g/mol. The highest BCUT2D eigenvalue weighted by molar-refractivity contribution is 5.73. The van der Waals surface area contributed by atoms with Gasteiger partial charge in [-0.25, -0.2) is 9.97 Å². The minimum Gasteiger partial charge on any atom is -0.370 e. The molecule has 2 N–H and O–H groups in total. The maximum Gasteiger partial charge on any atom is 0.217 e. The molecule has 0 aromatic carbocycles. The van der Waals surface area contributed by atoms with E-state index in [2.05, 4.69) is 34.8 Å². The van der Waals surface area contributed by atoms with Crippen LogP contribution in [0.3, 0.4) is 0 Å². The van der Waals surface area contributed by atoms with Gasteiger partial charge >= 0.3 is 0 Å². The molecule has 1 saturated heterocycles. The van der Waals surface area contributed by atoms with Gasteiger partial charge in [0.2, 0.25) is 5.91 Å². The van der Waals surface area contributed by atoms with E-state index in [1.165, 1.54) is 19.4 Å². The zero-order valence-electron chi connectivity index (χ0n) is 13.3. The third kappa shape index (κ3) is 4.49. The number of nitrogens with zero attached hydrogens (tertiary/aromatic N) is 3. The van der Waals surface area contributed by atoms with Crippen LogP contribution in [0.15, 0.2) is 6.07 Å². The largest absolute Gasteiger partial charge is 0.370 e. The van der Waals surface area contributed by atoms with E-state index in [-0.39, 0.29) is 5.91 Å². The molecule has 0 radical (unpaired) electrons. The van der Waals surface area contributed by atoms with Crippen LogP contribution in [0, 0.1) is 6.92 Å². The van der Waals surface area contributed by atoms with E-state index in [1.54, 1.807) is 0 Å². The lowest BCUT2D eigenvalue weighted by molar-refractivity contribution is -0.118. The number of carbonyl (C=O) groups is 1. The highest BCUT2D eigenvalue weighted by Gasteiger charge is 2.24. The molecule has 116 valence electrons. The number of amides is 1. The average Bonchev–Trinajstić information content (AvgIpc) is 2.44. The van der Waals surface area contributed by atoms with Gasteiger partial charge < -0.3 is 10.6 Å². The first-order valence-electron chi connectivity index (χ1n) is 7.82. The molecule has 0 spiro atoms. The monoisotopic (exact) mass is 290 g/mol. The number of piperidine rings is 1. The second kappa shape index (κ2) is 6.98. The quantitative estimate of drug-likeness (QED) is 0.897. The smallest absolute Gasteiger partial charge is 0.217 e. The van der Waals surface area contributed by atoms with E-state index in [0.717, 1.165) is 23.8 Å². The number of primary amides is 1. The molecular formula is C16H26N4O. The summed E-state index contributed by atoms with van der Waals surface area (Å²) in [5.41, 5.74) is 7.27. The van der Waals surface area contributed by atoms with Crippen molar-refractivity contribution in [3.8, 4) is 0 Å². The lowest BCUT2D eigenvalue weighted by Crippen LogP contribution is -2.39. The molecule has 2 rings (SSSR count). The summed E-state index contributed by atoms with van der Waals surface area (Å²) in [6.45, 7) is 8.63. The molecule has 1 aromatic rings. The summed E-state index contributed by atoms with van der Waals surface area (Å²) in [4.78, 5) is 22.5. The summed E-state index contributed by atoms with van der Waals surface area (Å²) in [6, 6.07) is 2.63. The Morgan fingerprint density at radius 3 is 2.90 bits per heavy atom. The van der Waals surface area contributed by atoms with E-state index in [9.17, 15) is 4.79 Å². The summed E-state index contributed by atoms with van der Waals surface area (Å²) in [7, 11) is 0. The number of likely N-dealkylation sites (tertiary alicyclic amines) is 1. The van der Waals surface area contributed by atoms with E-state index in [0.29, 0.717) is 24.8 Å². The third-order valence-electron chi connectivity index (χ3n) is 4.14. The molecule has 21 heavy (non-hydrogen) atoms. The van der Waals surface area contributed by atoms with Crippen molar-refractivity contribution in [1.82, 2.24) is 14.9 Å². The minimum absolute atomic E-state index is 0.281. The number of aryl methyl sites for hydroxylation is 2. The normalized spacial score (nSPS) is 19.9. The van der Waals surface area contributed by atoms with Crippen molar-refractivity contribution in [2.24, 2.45) is 5.73 Å². The lowest BCUT2D eigenvalue weighted by Gasteiger charge is -2.35. The van der Waals surface area contributed by atoms with Crippen molar-refractivity contribution in [3.05, 3.63) is 23.3 Å². The van der Waals surface area contributed by atoms with Gasteiger partial charge in [0.25, 0.3) is 0 Å². The minimum atomic E-state index is -0.281. The summed E-state index contributed by atoms with van der Waals surface area (Å²) >= 11 is 0. The van der Waals surface area contributed by atoms with Crippen LogP contribution in [0.4, 0.5) is 0 Å². The van der Waals surface area contributed by atoms with Gasteiger partial charge in [-0.15, -0.1) is 0 Å². The Kier molecular flexibility index (Phi) is 5.28. The first kappa shape index (κ1) is 15.9. The number of hydrogen-bond donors (Lipinski definition) is 1. The van der Waals surface area contributed by atoms with Crippen LogP contribution in [0.5, 0.6) is 0 Å². The number of hydrogen-bond acceptors (Lipinski definition) is 4. The van der Waals surface area contributed by atoms with Gasteiger partial charge in [0, 0.05) is 36.3 Å². The van der Waals surface area contributed by atoms with Gasteiger partial charge in [-0.2, -0.15) is 0 Å². The number of carbonyl (C=O) groups excluding carboxylic acids is 1. The third-order valence-corrected chi connectivity index (χ3v) is 4.14. The number of nitrogens with two attached hydrogens (primary N) is 1. The van der Waals surface area contributed by atoms with Crippen molar-refractivity contribution in [2.75, 3.05) is 13.1 Å². The molecule has 5 nitrogen and oxygen atoms in total. The van der Waals surface area contributed by atoms with E-state index in [1.807, 2.05) is 6.92 Å². The first-order chi connectivity index (χ1) is 9.95. The predicted octanol–water partition coefficient (Wildman–Crippen LogP) is 1.79. The fourth-order valence-electron chi connectivity index (χ4n) is 2.96. The van der Waals surface area contributed by atoms with Crippen LogP contribution < -0.4 is 5.73 Å². The Bertz CT molecular complexity index is 501.